The Kier molecular flexibility index (Phi) is 7.16. The lowest BCUT2D eigenvalue weighted by atomic mass is 9.96. The first-order chi connectivity index (χ1) is 16.1. The standard InChI is InChI=1S/C25H27N3O5/c1-2-14-33-20-7-5-18(6-8-20)23(29)21-22(19-4-3-9-26-17-19)28(25(31)24(21)30)11-10-27-12-15-32-16-13-27/h2-9,17,22,29H,1,10-16H2. The van der Waals surface area contributed by atoms with Gasteiger partial charge in [0.25, 0.3) is 5.91 Å². The van der Waals surface area contributed by atoms with E-state index < -0.39 is 23.5 Å². The number of pyridine rings is 1. The number of nitrogens with one attached hydrogen (secondary N) is 1. The first-order valence-electron chi connectivity index (χ1n) is 11.0. The number of amides is 1. The molecule has 2 fully saturated rings. The number of quaternary nitrogens is 1. The number of benzene rings is 1. The van der Waals surface area contributed by atoms with Crippen molar-refractivity contribution < 1.29 is 29.1 Å². The Morgan fingerprint density at radius 2 is 2.00 bits per heavy atom. The van der Waals surface area contributed by atoms with E-state index in [0.29, 0.717) is 49.8 Å². The molecule has 8 nitrogen and oxygen atoms in total. The molecule has 2 aromatic rings. The fourth-order valence-corrected chi connectivity index (χ4v) is 4.19. The molecule has 1 aromatic heterocycles. The summed E-state index contributed by atoms with van der Waals surface area (Å²) >= 11 is 0. The number of rotatable bonds is 8. The maximum absolute atomic E-state index is 13.4. The van der Waals surface area contributed by atoms with Crippen molar-refractivity contribution in [1.82, 2.24) is 9.88 Å². The molecule has 2 aliphatic rings. The molecule has 1 aromatic carbocycles. The molecule has 0 bridgehead atoms. The fourth-order valence-electron chi connectivity index (χ4n) is 4.19. The van der Waals surface area contributed by atoms with Gasteiger partial charge in [0.15, 0.2) is 0 Å². The van der Waals surface area contributed by atoms with Crippen molar-refractivity contribution >= 4 is 17.4 Å². The summed E-state index contributed by atoms with van der Waals surface area (Å²) in [6, 6.07) is 9.30. The highest BCUT2D eigenvalue weighted by atomic mass is 16.5. The summed E-state index contributed by atoms with van der Waals surface area (Å²) in [6.07, 6.45) is 4.85. The summed E-state index contributed by atoms with van der Waals surface area (Å²) in [5.74, 6) is -1.27. The molecule has 172 valence electrons. The number of Topliss-reactive ketones (excluding diaryl/α,β-unsaturated/α-hetero) is 1. The highest BCUT2D eigenvalue weighted by molar-refractivity contribution is 6.46. The van der Waals surface area contributed by atoms with Crippen LogP contribution in [0.15, 0.2) is 67.0 Å². The minimum Gasteiger partial charge on any atom is -0.872 e. The third-order valence-electron chi connectivity index (χ3n) is 5.92. The van der Waals surface area contributed by atoms with Crippen LogP contribution in [-0.4, -0.2) is 67.6 Å². The topological polar surface area (TPSA) is 96.2 Å². The van der Waals surface area contributed by atoms with Crippen LogP contribution in [0.4, 0.5) is 0 Å². The fraction of sp³-hybridized carbons (Fsp3) is 0.320. The molecule has 1 N–H and O–H groups in total. The number of ether oxygens (including phenoxy) is 2. The lowest BCUT2D eigenvalue weighted by Crippen LogP contribution is -3.14. The first-order valence-corrected chi connectivity index (χ1v) is 11.0. The van der Waals surface area contributed by atoms with E-state index in [1.165, 1.54) is 9.80 Å². The number of carbonyl (C=O) groups excluding carboxylic acids is 2. The molecule has 8 heteroatoms. The number of likely N-dealkylation sites (tertiary alicyclic amines) is 1. The van der Waals surface area contributed by atoms with Crippen LogP contribution in [0.3, 0.4) is 0 Å². The predicted molar refractivity (Wildman–Crippen MR) is 119 cm³/mol. The quantitative estimate of drug-likeness (QED) is 0.259. The first kappa shape index (κ1) is 22.7. The molecule has 0 spiro atoms. The summed E-state index contributed by atoms with van der Waals surface area (Å²) in [6.45, 7) is 8.05. The van der Waals surface area contributed by atoms with Gasteiger partial charge in [0.2, 0.25) is 5.78 Å². The van der Waals surface area contributed by atoms with Gasteiger partial charge in [0.1, 0.15) is 25.4 Å². The summed E-state index contributed by atoms with van der Waals surface area (Å²) in [5, 5.41) is 13.4. The molecule has 3 heterocycles. The van der Waals surface area contributed by atoms with Gasteiger partial charge in [0, 0.05) is 18.0 Å². The molecular weight excluding hydrogens is 422 g/mol. The van der Waals surface area contributed by atoms with Crippen LogP contribution >= 0.6 is 0 Å². The van der Waals surface area contributed by atoms with Crippen molar-refractivity contribution in [3.05, 3.63) is 78.1 Å². The van der Waals surface area contributed by atoms with Gasteiger partial charge in [0.05, 0.1) is 32.3 Å². The molecule has 4 rings (SSSR count). The van der Waals surface area contributed by atoms with Crippen molar-refractivity contribution in [2.75, 3.05) is 46.0 Å². The molecule has 0 saturated carbocycles. The molecule has 33 heavy (non-hydrogen) atoms. The zero-order valence-corrected chi connectivity index (χ0v) is 18.4. The molecule has 1 atom stereocenters. The Morgan fingerprint density at radius 3 is 2.67 bits per heavy atom. The molecule has 0 aliphatic carbocycles. The second-order valence-electron chi connectivity index (χ2n) is 8.00. The normalized spacial score (nSPS) is 20.7. The number of ketones is 1. The molecular formula is C25H27N3O5. The Labute approximate surface area is 192 Å². The summed E-state index contributed by atoms with van der Waals surface area (Å²) in [5.41, 5.74) is 0.930. The van der Waals surface area contributed by atoms with Crippen LogP contribution in [0, 0.1) is 0 Å². The minimum absolute atomic E-state index is 0.0373. The molecule has 2 saturated heterocycles. The van der Waals surface area contributed by atoms with Crippen molar-refractivity contribution in [2.24, 2.45) is 0 Å². The number of nitrogens with zero attached hydrogens (tertiary/aromatic N) is 2. The van der Waals surface area contributed by atoms with Crippen molar-refractivity contribution in [3.8, 4) is 5.75 Å². The average Bonchev–Trinajstić information content (AvgIpc) is 3.12. The van der Waals surface area contributed by atoms with Crippen molar-refractivity contribution in [2.45, 2.75) is 6.04 Å². The SMILES string of the molecule is C=CCOc1ccc(C([O-])=C2C(=O)C(=O)N(CC[NH+]3CCOCC3)C2c2cccnc2)cc1. The van der Waals surface area contributed by atoms with Crippen LogP contribution < -0.4 is 14.7 Å². The van der Waals surface area contributed by atoms with Crippen LogP contribution in [0.1, 0.15) is 17.2 Å². The number of morpholine rings is 1. The van der Waals surface area contributed by atoms with E-state index in [1.807, 2.05) is 0 Å². The van der Waals surface area contributed by atoms with E-state index in [1.54, 1.807) is 54.9 Å². The lowest BCUT2D eigenvalue weighted by Gasteiger charge is -2.30. The number of hydrogen-bond acceptors (Lipinski definition) is 6. The van der Waals surface area contributed by atoms with Gasteiger partial charge >= 0.3 is 0 Å². The lowest BCUT2D eigenvalue weighted by molar-refractivity contribution is -0.907. The van der Waals surface area contributed by atoms with Crippen molar-refractivity contribution in [3.63, 3.8) is 0 Å². The van der Waals surface area contributed by atoms with E-state index in [9.17, 15) is 14.7 Å². The van der Waals surface area contributed by atoms with Gasteiger partial charge in [-0.15, -0.1) is 0 Å². The Bertz CT molecular complexity index is 1030. The summed E-state index contributed by atoms with van der Waals surface area (Å²) < 4.78 is 10.9. The number of hydrogen-bond donors (Lipinski definition) is 1. The van der Waals surface area contributed by atoms with Gasteiger partial charge < -0.3 is 24.4 Å². The zero-order chi connectivity index (χ0) is 23.2. The van der Waals surface area contributed by atoms with Crippen LogP contribution in [0.2, 0.25) is 0 Å². The van der Waals surface area contributed by atoms with Crippen molar-refractivity contribution in [1.29, 1.82) is 0 Å². The van der Waals surface area contributed by atoms with E-state index in [4.69, 9.17) is 9.47 Å². The summed E-state index contributed by atoms with van der Waals surface area (Å²) in [7, 11) is 0. The minimum atomic E-state index is -0.761. The second-order valence-corrected chi connectivity index (χ2v) is 8.00. The van der Waals surface area contributed by atoms with Gasteiger partial charge in [-0.2, -0.15) is 0 Å². The van der Waals surface area contributed by atoms with Gasteiger partial charge in [-0.3, -0.25) is 14.6 Å². The van der Waals surface area contributed by atoms with Crippen LogP contribution in [0.5, 0.6) is 5.75 Å². The van der Waals surface area contributed by atoms with E-state index in [-0.39, 0.29) is 5.57 Å². The predicted octanol–water partition coefficient (Wildman–Crippen LogP) is -0.214. The van der Waals surface area contributed by atoms with E-state index in [0.717, 1.165) is 13.1 Å². The van der Waals surface area contributed by atoms with E-state index >= 15 is 0 Å². The number of aromatic nitrogens is 1. The third-order valence-corrected chi connectivity index (χ3v) is 5.92. The van der Waals surface area contributed by atoms with Gasteiger partial charge in [-0.25, -0.2) is 0 Å². The number of carbonyl (C=O) groups is 2. The second kappa shape index (κ2) is 10.4. The van der Waals surface area contributed by atoms with Crippen LogP contribution in [0.25, 0.3) is 5.76 Å². The molecule has 1 unspecified atom stereocenters. The smallest absolute Gasteiger partial charge is 0.295 e. The molecule has 2 aliphatic heterocycles. The largest absolute Gasteiger partial charge is 0.872 e. The third kappa shape index (κ3) is 4.97. The highest BCUT2D eigenvalue weighted by Gasteiger charge is 2.44. The maximum Gasteiger partial charge on any atom is 0.295 e. The monoisotopic (exact) mass is 449 g/mol. The average molecular weight is 450 g/mol. The highest BCUT2D eigenvalue weighted by Crippen LogP contribution is 2.38. The van der Waals surface area contributed by atoms with Gasteiger partial charge in [-0.05, 0) is 29.3 Å². The maximum atomic E-state index is 13.4. The van der Waals surface area contributed by atoms with E-state index in [2.05, 4.69) is 11.6 Å². The summed E-state index contributed by atoms with van der Waals surface area (Å²) in [4.78, 5) is 33.0. The van der Waals surface area contributed by atoms with Gasteiger partial charge in [-0.1, -0.05) is 36.6 Å². The molecule has 0 radical (unpaired) electrons. The van der Waals surface area contributed by atoms with Crippen LogP contribution in [-0.2, 0) is 14.3 Å². The molecule has 1 amide bonds. The Balaban J connectivity index is 1.66. The zero-order valence-electron chi connectivity index (χ0n) is 18.4. The Morgan fingerprint density at radius 1 is 1.24 bits per heavy atom. The Hall–Kier alpha value is -3.49.